The zero-order valence-electron chi connectivity index (χ0n) is 18.4. The molecule has 0 spiro atoms. The summed E-state index contributed by atoms with van der Waals surface area (Å²) in [6.45, 7) is 7.14. The molecule has 0 aliphatic heterocycles. The molecule has 0 bridgehead atoms. The van der Waals surface area contributed by atoms with E-state index in [1.54, 1.807) is 19.9 Å². The maximum absolute atomic E-state index is 12.9. The number of halogens is 3. The van der Waals surface area contributed by atoms with E-state index in [0.29, 0.717) is 16.8 Å². The van der Waals surface area contributed by atoms with Gasteiger partial charge in [0, 0.05) is 17.8 Å². The Labute approximate surface area is 190 Å². The maximum atomic E-state index is 12.9. The number of hydrogen-bond donors (Lipinski definition) is 4. The second-order valence-corrected chi connectivity index (χ2v) is 9.44. The van der Waals surface area contributed by atoms with Crippen LogP contribution >= 0.6 is 0 Å². The summed E-state index contributed by atoms with van der Waals surface area (Å²) >= 11 is 0. The monoisotopic (exact) mass is 486 g/mol. The van der Waals surface area contributed by atoms with Crippen LogP contribution in [-0.2, 0) is 19.6 Å². The van der Waals surface area contributed by atoms with E-state index in [1.165, 1.54) is 35.8 Å². The average molecular weight is 487 g/mol. The summed E-state index contributed by atoms with van der Waals surface area (Å²) in [5, 5.41) is 2.77. The molecule has 0 radical (unpaired) electrons. The van der Waals surface area contributed by atoms with Crippen LogP contribution in [0.25, 0.3) is 0 Å². The van der Waals surface area contributed by atoms with Gasteiger partial charge in [-0.25, -0.2) is 8.42 Å². The number of nitrogens with one attached hydrogen (secondary N) is 4. The highest BCUT2D eigenvalue weighted by Gasteiger charge is 2.38. The second kappa shape index (κ2) is 10.1. The molecule has 0 heterocycles. The largest absolute Gasteiger partial charge is 0.472 e. The van der Waals surface area contributed by atoms with Crippen molar-refractivity contribution in [2.75, 3.05) is 15.5 Å². The number of amides is 2. The number of anilines is 3. The molecule has 0 unspecified atom stereocenters. The minimum absolute atomic E-state index is 0.0346. The molecule has 0 fully saturated rings. The molecule has 2 amide bonds. The minimum Gasteiger partial charge on any atom is -0.326 e. The van der Waals surface area contributed by atoms with Gasteiger partial charge < -0.3 is 5.32 Å². The van der Waals surface area contributed by atoms with E-state index in [-0.39, 0.29) is 34.5 Å². The Morgan fingerprint density at radius 1 is 0.970 bits per heavy atom. The lowest BCUT2D eigenvalue weighted by molar-refractivity contribution is -0.173. The standard InChI is InChI=1S/C21H25F3N4O4S/c1-12(2)11-18(29)25-19-13(3)5-10-17(14(19)4)33(31,32)28-16-8-6-15(7-9-16)26-27-20(30)21(22,23)24/h5-10,12,26,28H,11H2,1-4H3,(H,25,29)(H,27,30). The summed E-state index contributed by atoms with van der Waals surface area (Å²) in [4.78, 5) is 23.0. The van der Waals surface area contributed by atoms with E-state index in [2.05, 4.69) is 15.5 Å². The van der Waals surface area contributed by atoms with Crippen molar-refractivity contribution >= 4 is 38.9 Å². The molecule has 0 aliphatic carbocycles. The number of alkyl halides is 3. The van der Waals surface area contributed by atoms with Crippen LogP contribution in [0.5, 0.6) is 0 Å². The third-order valence-electron chi connectivity index (χ3n) is 4.49. The Bertz CT molecular complexity index is 1130. The van der Waals surface area contributed by atoms with Gasteiger partial charge in [-0.3, -0.25) is 25.2 Å². The summed E-state index contributed by atoms with van der Waals surface area (Å²) < 4.78 is 64.9. The van der Waals surface area contributed by atoms with Gasteiger partial charge in [-0.2, -0.15) is 13.2 Å². The number of sulfonamides is 1. The molecule has 180 valence electrons. The quantitative estimate of drug-likeness (QED) is 0.420. The lowest BCUT2D eigenvalue weighted by Crippen LogP contribution is -2.40. The third-order valence-corrected chi connectivity index (χ3v) is 6.01. The molecule has 2 aromatic rings. The predicted octanol–water partition coefficient (Wildman–Crippen LogP) is 4.09. The number of rotatable bonds is 8. The molecule has 0 aliphatic rings. The highest BCUT2D eigenvalue weighted by Crippen LogP contribution is 2.29. The average Bonchev–Trinajstić information content (AvgIpc) is 2.68. The summed E-state index contributed by atoms with van der Waals surface area (Å²) in [6.07, 6.45) is -4.75. The summed E-state index contributed by atoms with van der Waals surface area (Å²) in [6, 6.07) is 8.21. The van der Waals surface area contributed by atoms with E-state index in [9.17, 15) is 31.2 Å². The lowest BCUT2D eigenvalue weighted by atomic mass is 10.1. The van der Waals surface area contributed by atoms with Crippen molar-refractivity contribution in [1.82, 2.24) is 5.43 Å². The van der Waals surface area contributed by atoms with Gasteiger partial charge in [0.25, 0.3) is 10.0 Å². The number of aryl methyl sites for hydroxylation is 1. The van der Waals surface area contributed by atoms with Crippen LogP contribution in [0, 0.1) is 19.8 Å². The number of carbonyl (C=O) groups excluding carboxylic acids is 2. The molecule has 4 N–H and O–H groups in total. The van der Waals surface area contributed by atoms with Gasteiger partial charge in [0.1, 0.15) is 0 Å². The molecule has 2 aromatic carbocycles. The molecular formula is C21H25F3N4O4S. The lowest BCUT2D eigenvalue weighted by Gasteiger charge is -2.17. The van der Waals surface area contributed by atoms with E-state index >= 15 is 0 Å². The van der Waals surface area contributed by atoms with Crippen LogP contribution in [0.15, 0.2) is 41.3 Å². The van der Waals surface area contributed by atoms with E-state index in [0.717, 1.165) is 0 Å². The normalized spacial score (nSPS) is 11.8. The Hall–Kier alpha value is -3.28. The first-order chi connectivity index (χ1) is 15.2. The van der Waals surface area contributed by atoms with Crippen molar-refractivity contribution in [2.24, 2.45) is 5.92 Å². The highest BCUT2D eigenvalue weighted by molar-refractivity contribution is 7.92. The zero-order valence-corrected chi connectivity index (χ0v) is 19.2. The first-order valence-corrected chi connectivity index (χ1v) is 11.3. The molecule has 12 heteroatoms. The fourth-order valence-electron chi connectivity index (χ4n) is 2.90. The van der Waals surface area contributed by atoms with Crippen LogP contribution in [0.3, 0.4) is 0 Å². The van der Waals surface area contributed by atoms with Crippen LogP contribution in [0.1, 0.15) is 31.4 Å². The van der Waals surface area contributed by atoms with Crippen molar-refractivity contribution in [3.63, 3.8) is 0 Å². The smallest absolute Gasteiger partial charge is 0.326 e. The van der Waals surface area contributed by atoms with Gasteiger partial charge in [0.15, 0.2) is 0 Å². The van der Waals surface area contributed by atoms with Crippen LogP contribution in [0.2, 0.25) is 0 Å². The van der Waals surface area contributed by atoms with Crippen molar-refractivity contribution in [3.8, 4) is 0 Å². The van der Waals surface area contributed by atoms with Gasteiger partial charge in [-0.1, -0.05) is 19.9 Å². The van der Waals surface area contributed by atoms with Gasteiger partial charge in [0.05, 0.1) is 10.6 Å². The zero-order chi connectivity index (χ0) is 25.0. The Kier molecular flexibility index (Phi) is 7.96. The van der Waals surface area contributed by atoms with Crippen molar-refractivity contribution in [3.05, 3.63) is 47.5 Å². The summed E-state index contributed by atoms with van der Waals surface area (Å²) in [5.74, 6) is -2.25. The Balaban J connectivity index is 2.18. The fourth-order valence-corrected chi connectivity index (χ4v) is 4.21. The van der Waals surface area contributed by atoms with Crippen molar-refractivity contribution in [2.45, 2.75) is 45.2 Å². The number of benzene rings is 2. The third kappa shape index (κ3) is 7.11. The fraction of sp³-hybridized carbons (Fsp3) is 0.333. The molecule has 0 saturated heterocycles. The molecular weight excluding hydrogens is 461 g/mol. The predicted molar refractivity (Wildman–Crippen MR) is 119 cm³/mol. The van der Waals surface area contributed by atoms with E-state index in [1.807, 2.05) is 13.8 Å². The molecule has 0 atom stereocenters. The second-order valence-electron chi connectivity index (χ2n) is 7.79. The first kappa shape index (κ1) is 26.0. The van der Waals surface area contributed by atoms with Crippen LogP contribution < -0.4 is 20.9 Å². The van der Waals surface area contributed by atoms with Crippen LogP contribution in [0.4, 0.5) is 30.2 Å². The Morgan fingerprint density at radius 3 is 2.09 bits per heavy atom. The Morgan fingerprint density at radius 2 is 1.55 bits per heavy atom. The van der Waals surface area contributed by atoms with Gasteiger partial charge >= 0.3 is 12.1 Å². The van der Waals surface area contributed by atoms with Gasteiger partial charge in [-0.05, 0) is 61.2 Å². The van der Waals surface area contributed by atoms with Crippen molar-refractivity contribution in [1.29, 1.82) is 0 Å². The molecule has 2 rings (SSSR count). The molecule has 0 saturated carbocycles. The summed E-state index contributed by atoms with van der Waals surface area (Å²) in [5.41, 5.74) is 5.33. The van der Waals surface area contributed by atoms with E-state index < -0.39 is 22.1 Å². The summed E-state index contributed by atoms with van der Waals surface area (Å²) in [7, 11) is -4.04. The van der Waals surface area contributed by atoms with Crippen molar-refractivity contribution < 1.29 is 31.2 Å². The highest BCUT2D eigenvalue weighted by atomic mass is 32.2. The number of hydrogen-bond acceptors (Lipinski definition) is 5. The van der Waals surface area contributed by atoms with Gasteiger partial charge in [-0.15, -0.1) is 0 Å². The van der Waals surface area contributed by atoms with Crippen LogP contribution in [-0.4, -0.2) is 26.4 Å². The number of hydrazine groups is 1. The maximum Gasteiger partial charge on any atom is 0.472 e. The SMILES string of the molecule is Cc1ccc(S(=O)(=O)Nc2ccc(NNC(=O)C(F)(F)F)cc2)c(C)c1NC(=O)CC(C)C. The van der Waals surface area contributed by atoms with E-state index in [4.69, 9.17) is 0 Å². The molecule has 8 nitrogen and oxygen atoms in total. The topological polar surface area (TPSA) is 116 Å². The number of carbonyl (C=O) groups is 2. The minimum atomic E-state index is -5.04. The van der Waals surface area contributed by atoms with Gasteiger partial charge in [0.2, 0.25) is 5.91 Å². The molecule has 0 aromatic heterocycles. The molecule has 33 heavy (non-hydrogen) atoms. The first-order valence-electron chi connectivity index (χ1n) is 9.87.